The average Bonchev–Trinajstić information content (AvgIpc) is 3.93. The number of pyridine rings is 1. The predicted molar refractivity (Wildman–Crippen MR) is 246 cm³/mol. The number of nitrogens with zero attached hydrogens (tertiary/aromatic N) is 8. The molecule has 66 heavy (non-hydrogen) atoms. The minimum atomic E-state index is -1.01. The van der Waals surface area contributed by atoms with Gasteiger partial charge in [-0.1, -0.05) is 36.4 Å². The molecule has 3 amide bonds. The number of rotatable bonds is 9. The van der Waals surface area contributed by atoms with E-state index < -0.39 is 11.5 Å². The Kier molecular flexibility index (Phi) is 10.7. The number of nitrogens with one attached hydrogen (secondary N) is 2. The number of piperidine rings is 1. The van der Waals surface area contributed by atoms with E-state index >= 15 is 0 Å². The van der Waals surface area contributed by atoms with Crippen molar-refractivity contribution in [2.45, 2.75) is 115 Å². The number of fused-ring (bicyclic) bond motifs is 6. The van der Waals surface area contributed by atoms with Crippen molar-refractivity contribution in [3.63, 3.8) is 0 Å². The number of imide groups is 1. The highest BCUT2D eigenvalue weighted by Gasteiger charge is 2.38. The van der Waals surface area contributed by atoms with Gasteiger partial charge in [-0.15, -0.1) is 6.58 Å². The standard InChI is InChI=1S/C50H54N10O6/c1-3-22-59-48(64)39-27-51-49(55-45(39)60(59)40-15-9-30-17-21-50(65,4-2)44(30)53-40)52-34-10-5-33-28-58(24-19-32(33)26-34)47(63)31-6-11-35(12-7-31)57-23-18-29-8-13-37-42(38-14-16-41(61)54-46(38)62)56-66-43(37)36(29)20-25-57/h3,5,8-10,13,15,26-27,31,35,38,65H,1,4,6-7,11-12,14,16-25,28H2,2H3,(H,51,52,55)(H,54,61,62)/t31?,35?,38?,50-/m1/s1. The van der Waals surface area contributed by atoms with Gasteiger partial charge in [-0.05, 0) is 117 Å². The van der Waals surface area contributed by atoms with E-state index in [0.717, 1.165) is 97.8 Å². The summed E-state index contributed by atoms with van der Waals surface area (Å²) in [6.45, 7) is 9.14. The van der Waals surface area contributed by atoms with Crippen molar-refractivity contribution >= 4 is 51.4 Å². The van der Waals surface area contributed by atoms with Crippen molar-refractivity contribution in [1.29, 1.82) is 0 Å². The van der Waals surface area contributed by atoms with E-state index in [0.29, 0.717) is 79.0 Å². The number of hydrogen-bond donors (Lipinski definition) is 3. The number of aliphatic hydroxyl groups is 1. The first kappa shape index (κ1) is 42.1. The van der Waals surface area contributed by atoms with Gasteiger partial charge < -0.3 is 19.8 Å². The predicted octanol–water partition coefficient (Wildman–Crippen LogP) is 5.66. The van der Waals surface area contributed by atoms with Crippen LogP contribution in [0.3, 0.4) is 0 Å². The Labute approximate surface area is 381 Å². The highest BCUT2D eigenvalue weighted by Crippen LogP contribution is 2.39. The van der Waals surface area contributed by atoms with Gasteiger partial charge in [0.2, 0.25) is 23.7 Å². The zero-order valence-electron chi connectivity index (χ0n) is 37.2. The Hall–Kier alpha value is -6.52. The summed E-state index contributed by atoms with van der Waals surface area (Å²) in [6, 6.07) is 14.6. The molecule has 2 fully saturated rings. The highest BCUT2D eigenvalue weighted by atomic mass is 16.5. The van der Waals surface area contributed by atoms with Crippen molar-refractivity contribution in [1.82, 2.24) is 44.6 Å². The summed E-state index contributed by atoms with van der Waals surface area (Å²) >= 11 is 0. The third kappa shape index (κ3) is 7.30. The lowest BCUT2D eigenvalue weighted by Crippen LogP contribution is -2.44. The number of benzene rings is 2. The van der Waals surface area contributed by atoms with E-state index in [2.05, 4.69) is 50.5 Å². The molecule has 7 heterocycles. The summed E-state index contributed by atoms with van der Waals surface area (Å²) in [5, 5.41) is 22.7. The Balaban J connectivity index is 0.726. The third-order valence-corrected chi connectivity index (χ3v) is 15.1. The van der Waals surface area contributed by atoms with Gasteiger partial charge in [0.1, 0.15) is 16.7 Å². The molecule has 16 heteroatoms. The van der Waals surface area contributed by atoms with Gasteiger partial charge in [0, 0.05) is 67.4 Å². The largest absolute Gasteiger partial charge is 0.384 e. The van der Waals surface area contributed by atoms with Gasteiger partial charge >= 0.3 is 0 Å². The molecule has 4 aromatic heterocycles. The molecule has 11 rings (SSSR count). The molecule has 0 radical (unpaired) electrons. The van der Waals surface area contributed by atoms with Gasteiger partial charge in [0.25, 0.3) is 5.56 Å². The molecule has 340 valence electrons. The van der Waals surface area contributed by atoms with Crippen molar-refractivity contribution in [2.24, 2.45) is 5.92 Å². The fourth-order valence-electron chi connectivity index (χ4n) is 11.3. The Bertz CT molecular complexity index is 3020. The number of allylic oxidation sites excluding steroid dienone is 1. The molecule has 3 aliphatic heterocycles. The number of aromatic nitrogens is 6. The second-order valence-corrected chi connectivity index (χ2v) is 18.8. The molecular formula is C50H54N10O6. The Morgan fingerprint density at radius 3 is 2.55 bits per heavy atom. The quantitative estimate of drug-likeness (QED) is 0.119. The number of amides is 3. The molecule has 6 aromatic rings. The minimum Gasteiger partial charge on any atom is -0.384 e. The maximum atomic E-state index is 14.0. The van der Waals surface area contributed by atoms with Crippen LogP contribution in [0.1, 0.15) is 103 Å². The smallest absolute Gasteiger partial charge is 0.278 e. The summed E-state index contributed by atoms with van der Waals surface area (Å²) in [5.74, 6) is 0.0491. The third-order valence-electron chi connectivity index (χ3n) is 15.1. The van der Waals surface area contributed by atoms with Crippen LogP contribution < -0.4 is 16.2 Å². The summed E-state index contributed by atoms with van der Waals surface area (Å²) in [4.78, 5) is 70.9. The van der Waals surface area contributed by atoms with Crippen LogP contribution in [0, 0.1) is 5.92 Å². The molecule has 3 N–H and O–H groups in total. The Morgan fingerprint density at radius 1 is 0.924 bits per heavy atom. The summed E-state index contributed by atoms with van der Waals surface area (Å²) in [6.07, 6.45) is 12.0. The molecule has 0 spiro atoms. The zero-order chi connectivity index (χ0) is 45.3. The number of carbonyl (C=O) groups is 3. The van der Waals surface area contributed by atoms with Crippen LogP contribution >= 0.6 is 0 Å². The summed E-state index contributed by atoms with van der Waals surface area (Å²) < 4.78 is 9.15. The first-order chi connectivity index (χ1) is 32.1. The van der Waals surface area contributed by atoms with Crippen LogP contribution in [0.2, 0.25) is 0 Å². The maximum absolute atomic E-state index is 14.0. The second kappa shape index (κ2) is 16.7. The van der Waals surface area contributed by atoms with Crippen LogP contribution in [0.5, 0.6) is 0 Å². The van der Waals surface area contributed by atoms with Crippen molar-refractivity contribution < 1.29 is 24.0 Å². The van der Waals surface area contributed by atoms with Crippen molar-refractivity contribution in [3.8, 4) is 5.82 Å². The van der Waals surface area contributed by atoms with Gasteiger partial charge in [-0.2, -0.15) is 4.98 Å². The number of aryl methyl sites for hydroxylation is 1. The monoisotopic (exact) mass is 890 g/mol. The number of anilines is 2. The zero-order valence-corrected chi connectivity index (χ0v) is 37.2. The van der Waals surface area contributed by atoms with E-state index in [1.807, 2.05) is 36.1 Å². The van der Waals surface area contributed by atoms with Crippen molar-refractivity contribution in [3.05, 3.63) is 111 Å². The number of carbonyl (C=O) groups excluding carboxylic acids is 3. The Morgan fingerprint density at radius 2 is 1.73 bits per heavy atom. The molecule has 0 bridgehead atoms. The van der Waals surface area contributed by atoms with Crippen LogP contribution in [0.25, 0.3) is 27.8 Å². The molecule has 16 nitrogen and oxygen atoms in total. The lowest BCUT2D eigenvalue weighted by atomic mass is 9.83. The second-order valence-electron chi connectivity index (χ2n) is 18.8. The van der Waals surface area contributed by atoms with Gasteiger partial charge in [-0.3, -0.25) is 29.4 Å². The molecule has 2 aliphatic carbocycles. The van der Waals surface area contributed by atoms with E-state index in [-0.39, 0.29) is 35.7 Å². The molecule has 2 aromatic carbocycles. The normalized spacial score (nSPS) is 23.3. The fourth-order valence-corrected chi connectivity index (χ4v) is 11.3. The lowest BCUT2D eigenvalue weighted by molar-refractivity contribution is -0.138. The first-order valence-electron chi connectivity index (χ1n) is 23.6. The average molecular weight is 891 g/mol. The fraction of sp³-hybridized carbons (Fsp3) is 0.440. The lowest BCUT2D eigenvalue weighted by Gasteiger charge is -2.38. The first-order valence-corrected chi connectivity index (χ1v) is 23.6. The molecule has 5 aliphatic rings. The summed E-state index contributed by atoms with van der Waals surface area (Å²) in [7, 11) is 0. The van der Waals surface area contributed by atoms with Crippen LogP contribution in [-0.2, 0) is 58.8 Å². The van der Waals surface area contributed by atoms with Crippen LogP contribution in [0.15, 0.2) is 70.6 Å². The van der Waals surface area contributed by atoms with Gasteiger partial charge in [-0.25, -0.2) is 19.3 Å². The highest BCUT2D eigenvalue weighted by molar-refractivity contribution is 6.02. The van der Waals surface area contributed by atoms with Crippen LogP contribution in [0.4, 0.5) is 11.6 Å². The molecule has 1 unspecified atom stereocenters. The molecule has 2 atom stereocenters. The van der Waals surface area contributed by atoms with E-state index in [1.165, 1.54) is 11.1 Å². The molecule has 1 saturated heterocycles. The summed E-state index contributed by atoms with van der Waals surface area (Å²) in [5.41, 5.74) is 7.69. The SMILES string of the molecule is C=CCn1c(=O)c2cnc(Nc3ccc4c(c3)CCN(C(=O)C3CCC(N5CCc6ccc7c(C8CCC(=O)NC8=O)noc7c6CC5)CC3)C4)nc2n1-c1ccc2c(n1)[C@@](O)(CC)CC2. The number of hydrogen-bond acceptors (Lipinski definition) is 12. The van der Waals surface area contributed by atoms with Gasteiger partial charge in [0.05, 0.1) is 18.2 Å². The van der Waals surface area contributed by atoms with Crippen LogP contribution in [-0.4, -0.2) is 87.8 Å². The van der Waals surface area contributed by atoms with E-state index in [9.17, 15) is 24.3 Å². The van der Waals surface area contributed by atoms with Crippen molar-refractivity contribution in [2.75, 3.05) is 25.0 Å². The minimum absolute atomic E-state index is 0.0167. The molecular weight excluding hydrogens is 837 g/mol. The maximum Gasteiger partial charge on any atom is 0.278 e. The van der Waals surface area contributed by atoms with Gasteiger partial charge in [0.15, 0.2) is 17.0 Å². The topological polar surface area (TPSA) is 194 Å². The van der Waals surface area contributed by atoms with E-state index in [1.54, 1.807) is 21.6 Å². The molecule has 1 saturated carbocycles. The van der Waals surface area contributed by atoms with E-state index in [4.69, 9.17) is 14.5 Å².